The van der Waals surface area contributed by atoms with Crippen molar-refractivity contribution in [2.75, 3.05) is 7.11 Å². The Bertz CT molecular complexity index is 674. The number of methoxy groups -OCH3 is 1. The van der Waals surface area contributed by atoms with Gasteiger partial charge in [-0.25, -0.2) is 4.98 Å². The Kier molecular flexibility index (Phi) is 4.93. The number of H-pyrrole nitrogens is 1. The highest BCUT2D eigenvalue weighted by Gasteiger charge is 2.03. The van der Waals surface area contributed by atoms with Crippen LogP contribution in [0.4, 0.5) is 0 Å². The summed E-state index contributed by atoms with van der Waals surface area (Å²) in [7, 11) is 1.56. The van der Waals surface area contributed by atoms with Gasteiger partial charge in [-0.3, -0.25) is 4.79 Å². The number of benzene rings is 1. The van der Waals surface area contributed by atoms with E-state index in [1.807, 2.05) is 12.1 Å². The summed E-state index contributed by atoms with van der Waals surface area (Å²) in [6.07, 6.45) is 0. The molecule has 1 N–H and O–H groups in total. The Morgan fingerprint density at radius 2 is 2.15 bits per heavy atom. The van der Waals surface area contributed by atoms with Gasteiger partial charge in [-0.1, -0.05) is 23.9 Å². The van der Waals surface area contributed by atoms with Crippen molar-refractivity contribution in [1.82, 2.24) is 9.97 Å². The number of nitriles is 1. The zero-order valence-corrected chi connectivity index (χ0v) is 11.7. The van der Waals surface area contributed by atoms with Crippen molar-refractivity contribution in [3.05, 3.63) is 57.5 Å². The van der Waals surface area contributed by atoms with Crippen LogP contribution in [0.15, 0.2) is 40.3 Å². The van der Waals surface area contributed by atoms with Crippen molar-refractivity contribution in [2.45, 2.75) is 17.5 Å². The fraction of sp³-hybridized carbons (Fsp3) is 0.214. The topological polar surface area (TPSA) is 78.8 Å². The molecular formula is C14H13N3O2S. The van der Waals surface area contributed by atoms with Gasteiger partial charge in [-0.2, -0.15) is 5.26 Å². The van der Waals surface area contributed by atoms with E-state index in [9.17, 15) is 4.79 Å². The van der Waals surface area contributed by atoms with E-state index in [1.165, 1.54) is 17.8 Å². The molecule has 0 aliphatic rings. The molecular weight excluding hydrogens is 274 g/mol. The number of hydrogen-bond donors (Lipinski definition) is 1. The second-order valence-corrected chi connectivity index (χ2v) is 5.04. The summed E-state index contributed by atoms with van der Waals surface area (Å²) in [6, 6.07) is 10.8. The molecule has 0 amide bonds. The molecule has 0 radical (unpaired) electrons. The second kappa shape index (κ2) is 6.89. The molecule has 2 rings (SSSR count). The van der Waals surface area contributed by atoms with E-state index < -0.39 is 0 Å². The molecule has 6 heteroatoms. The van der Waals surface area contributed by atoms with Gasteiger partial charge in [0.25, 0.3) is 5.56 Å². The minimum absolute atomic E-state index is 0.186. The normalized spacial score (nSPS) is 10.2. The van der Waals surface area contributed by atoms with E-state index in [-0.39, 0.29) is 5.56 Å². The number of thioether (sulfide) groups is 1. The van der Waals surface area contributed by atoms with E-state index in [4.69, 9.17) is 10.00 Å². The third-order valence-electron chi connectivity index (χ3n) is 2.52. The molecule has 0 unspecified atom stereocenters. The van der Waals surface area contributed by atoms with E-state index in [0.717, 1.165) is 5.56 Å². The lowest BCUT2D eigenvalue weighted by Gasteiger charge is -2.04. The van der Waals surface area contributed by atoms with Crippen LogP contribution in [0, 0.1) is 11.3 Å². The van der Waals surface area contributed by atoms with Crippen LogP contribution in [0.1, 0.15) is 16.8 Å². The van der Waals surface area contributed by atoms with Crippen molar-refractivity contribution in [3.8, 4) is 6.07 Å². The lowest BCUT2D eigenvalue weighted by Crippen LogP contribution is -2.10. The first-order valence-corrected chi connectivity index (χ1v) is 6.91. The predicted octanol–water partition coefficient (Wildman–Crippen LogP) is 2.08. The second-order valence-electron chi connectivity index (χ2n) is 4.07. The van der Waals surface area contributed by atoms with E-state index in [2.05, 4.69) is 16.0 Å². The largest absolute Gasteiger partial charge is 0.378 e. The monoisotopic (exact) mass is 287 g/mol. The van der Waals surface area contributed by atoms with Crippen LogP contribution in [-0.2, 0) is 17.1 Å². The smallest absolute Gasteiger partial charge is 0.251 e. The van der Waals surface area contributed by atoms with Crippen LogP contribution < -0.4 is 5.56 Å². The minimum Gasteiger partial charge on any atom is -0.378 e. The number of aromatic amines is 1. The highest BCUT2D eigenvalue weighted by Crippen LogP contribution is 2.18. The van der Waals surface area contributed by atoms with Gasteiger partial charge in [-0.05, 0) is 17.7 Å². The van der Waals surface area contributed by atoms with Crippen LogP contribution in [0.2, 0.25) is 0 Å². The van der Waals surface area contributed by atoms with Crippen molar-refractivity contribution >= 4 is 11.8 Å². The van der Waals surface area contributed by atoms with Gasteiger partial charge in [0.05, 0.1) is 23.9 Å². The number of nitrogens with zero attached hydrogens (tertiary/aromatic N) is 2. The molecule has 2 aromatic rings. The molecule has 0 aliphatic carbocycles. The van der Waals surface area contributed by atoms with Gasteiger partial charge < -0.3 is 9.72 Å². The third kappa shape index (κ3) is 3.95. The Balaban J connectivity index is 2.06. The van der Waals surface area contributed by atoms with Crippen LogP contribution in [0.5, 0.6) is 0 Å². The number of aromatic nitrogens is 2. The molecule has 1 aromatic carbocycles. The molecule has 0 fully saturated rings. The molecule has 0 bridgehead atoms. The quantitative estimate of drug-likeness (QED) is 0.673. The highest BCUT2D eigenvalue weighted by atomic mass is 32.2. The Morgan fingerprint density at radius 3 is 2.80 bits per heavy atom. The van der Waals surface area contributed by atoms with Gasteiger partial charge in [0.1, 0.15) is 0 Å². The summed E-state index contributed by atoms with van der Waals surface area (Å²) >= 11 is 1.44. The molecule has 0 saturated carbocycles. The first kappa shape index (κ1) is 14.3. The average molecular weight is 287 g/mol. The summed E-state index contributed by atoms with van der Waals surface area (Å²) in [5.74, 6) is 0.672. The van der Waals surface area contributed by atoms with Crippen LogP contribution in [0.25, 0.3) is 0 Å². The molecule has 1 heterocycles. The fourth-order valence-corrected chi connectivity index (χ4v) is 2.45. The van der Waals surface area contributed by atoms with Crippen LogP contribution in [-0.4, -0.2) is 17.1 Å². The van der Waals surface area contributed by atoms with E-state index in [0.29, 0.717) is 28.8 Å². The Morgan fingerprint density at radius 1 is 1.40 bits per heavy atom. The minimum atomic E-state index is -0.186. The molecule has 0 saturated heterocycles. The van der Waals surface area contributed by atoms with Crippen LogP contribution in [0.3, 0.4) is 0 Å². The van der Waals surface area contributed by atoms with E-state index >= 15 is 0 Å². The van der Waals surface area contributed by atoms with Gasteiger partial charge in [0.15, 0.2) is 5.16 Å². The molecule has 0 aliphatic heterocycles. The van der Waals surface area contributed by atoms with Gasteiger partial charge in [-0.15, -0.1) is 0 Å². The number of hydrogen-bond acceptors (Lipinski definition) is 5. The highest BCUT2D eigenvalue weighted by molar-refractivity contribution is 7.98. The SMILES string of the molecule is COCc1cc(=O)[nH]c(SCc2ccc(C#N)cc2)n1. The zero-order chi connectivity index (χ0) is 14.4. The molecule has 20 heavy (non-hydrogen) atoms. The maximum atomic E-state index is 11.5. The van der Waals surface area contributed by atoms with Gasteiger partial charge in [0, 0.05) is 18.9 Å². The lowest BCUT2D eigenvalue weighted by molar-refractivity contribution is 0.180. The molecule has 0 atom stereocenters. The van der Waals surface area contributed by atoms with Crippen molar-refractivity contribution in [1.29, 1.82) is 5.26 Å². The Hall–Kier alpha value is -2.10. The number of nitrogens with one attached hydrogen (secondary N) is 1. The summed E-state index contributed by atoms with van der Waals surface area (Å²) in [6.45, 7) is 0.314. The van der Waals surface area contributed by atoms with E-state index in [1.54, 1.807) is 19.2 Å². The first-order valence-electron chi connectivity index (χ1n) is 5.92. The lowest BCUT2D eigenvalue weighted by atomic mass is 10.2. The maximum Gasteiger partial charge on any atom is 0.251 e. The molecule has 102 valence electrons. The van der Waals surface area contributed by atoms with Crippen LogP contribution >= 0.6 is 11.8 Å². The third-order valence-corrected chi connectivity index (χ3v) is 3.47. The number of rotatable bonds is 5. The average Bonchev–Trinajstić information content (AvgIpc) is 2.45. The molecule has 0 spiro atoms. The summed E-state index contributed by atoms with van der Waals surface area (Å²) in [5.41, 5.74) is 2.12. The molecule has 1 aromatic heterocycles. The van der Waals surface area contributed by atoms with Crippen molar-refractivity contribution < 1.29 is 4.74 Å². The first-order chi connectivity index (χ1) is 9.71. The summed E-state index contributed by atoms with van der Waals surface area (Å²) < 4.78 is 4.97. The number of ether oxygens (including phenoxy) is 1. The predicted molar refractivity (Wildman–Crippen MR) is 76.3 cm³/mol. The molecule has 5 nitrogen and oxygen atoms in total. The van der Waals surface area contributed by atoms with Crippen molar-refractivity contribution in [3.63, 3.8) is 0 Å². The summed E-state index contributed by atoms with van der Waals surface area (Å²) in [5, 5.41) is 9.30. The standard InChI is InChI=1S/C14H13N3O2S/c1-19-8-12-6-13(18)17-14(16-12)20-9-11-4-2-10(7-15)3-5-11/h2-6H,8-9H2,1H3,(H,16,17,18). The van der Waals surface area contributed by atoms with Crippen molar-refractivity contribution in [2.24, 2.45) is 0 Å². The Labute approximate surface area is 120 Å². The van der Waals surface area contributed by atoms with Gasteiger partial charge >= 0.3 is 0 Å². The van der Waals surface area contributed by atoms with Gasteiger partial charge in [0.2, 0.25) is 0 Å². The zero-order valence-electron chi connectivity index (χ0n) is 10.9. The fourth-order valence-electron chi connectivity index (χ4n) is 1.60. The maximum absolute atomic E-state index is 11.5. The summed E-state index contributed by atoms with van der Waals surface area (Å²) in [4.78, 5) is 18.5.